The summed E-state index contributed by atoms with van der Waals surface area (Å²) in [6, 6.07) is 0. The molecule has 0 saturated carbocycles. The van der Waals surface area contributed by atoms with E-state index in [4.69, 9.17) is 9.47 Å². The minimum Gasteiger partial charge on any atom is -0.458 e. The normalized spacial score (nSPS) is 34.9. The Bertz CT molecular complexity index is 989. The van der Waals surface area contributed by atoms with Crippen LogP contribution in [0.1, 0.15) is 77.4 Å². The van der Waals surface area contributed by atoms with Gasteiger partial charge in [-0.2, -0.15) is 0 Å². The highest BCUT2D eigenvalue weighted by Gasteiger charge is 2.44. The monoisotopic (exact) mass is 631 g/mol. The average Bonchev–Trinajstić information content (AvgIpc) is 3.41. The number of cyclic esters (lactones) is 1. The second kappa shape index (κ2) is 12.6. The number of aliphatic hydroxyl groups is 2. The van der Waals surface area contributed by atoms with Gasteiger partial charge in [0.25, 0.3) is 0 Å². The summed E-state index contributed by atoms with van der Waals surface area (Å²) in [4.78, 5) is 30.7. The Morgan fingerprint density at radius 1 is 1.22 bits per heavy atom. The van der Waals surface area contributed by atoms with Gasteiger partial charge in [-0.1, -0.05) is 56.7 Å². The highest BCUT2D eigenvalue weighted by molar-refractivity contribution is 14.1. The molecule has 0 aromatic carbocycles. The molecule has 2 saturated heterocycles. The molecular weight excluding hydrogens is 593 g/mol. The van der Waals surface area contributed by atoms with E-state index in [1.165, 1.54) is 11.3 Å². The van der Waals surface area contributed by atoms with Gasteiger partial charge in [0.1, 0.15) is 16.9 Å². The molecule has 1 aromatic rings. The maximum atomic E-state index is 13.2. The number of aromatic nitrogens is 1. The van der Waals surface area contributed by atoms with Crippen molar-refractivity contribution in [2.24, 2.45) is 17.3 Å². The minimum absolute atomic E-state index is 0.00546. The first-order valence-corrected chi connectivity index (χ1v) is 14.7. The van der Waals surface area contributed by atoms with Gasteiger partial charge in [0.2, 0.25) is 0 Å². The largest absolute Gasteiger partial charge is 0.458 e. The van der Waals surface area contributed by atoms with Gasteiger partial charge >= 0.3 is 5.97 Å². The van der Waals surface area contributed by atoms with E-state index in [9.17, 15) is 19.8 Å². The Morgan fingerprint density at radius 3 is 2.64 bits per heavy atom. The molecule has 9 heteroatoms. The van der Waals surface area contributed by atoms with Gasteiger partial charge in [-0.25, -0.2) is 4.98 Å². The van der Waals surface area contributed by atoms with E-state index < -0.39 is 35.6 Å². The van der Waals surface area contributed by atoms with Crippen LogP contribution in [-0.2, 0) is 19.1 Å². The Kier molecular flexibility index (Phi) is 10.3. The number of rotatable bonds is 3. The third kappa shape index (κ3) is 7.46. The quantitative estimate of drug-likeness (QED) is 0.269. The predicted octanol–water partition coefficient (Wildman–Crippen LogP) is 5.18. The fourth-order valence-electron chi connectivity index (χ4n) is 4.83. The van der Waals surface area contributed by atoms with Crippen molar-refractivity contribution in [3.05, 3.63) is 25.7 Å². The molecule has 2 aliphatic rings. The van der Waals surface area contributed by atoms with Gasteiger partial charge in [-0.15, -0.1) is 11.3 Å². The molecule has 2 aliphatic heterocycles. The van der Waals surface area contributed by atoms with Crippen LogP contribution in [0, 0.1) is 17.3 Å². The first kappa shape index (κ1) is 29.4. The molecule has 3 rings (SSSR count). The Morgan fingerprint density at radius 2 is 1.94 bits per heavy atom. The van der Waals surface area contributed by atoms with Crippen LogP contribution in [0.3, 0.4) is 0 Å². The van der Waals surface area contributed by atoms with Crippen LogP contribution >= 0.6 is 33.9 Å². The minimum atomic E-state index is -1.23. The first-order valence-electron chi connectivity index (χ1n) is 12.6. The number of fused-ring (bicyclic) bond motifs is 1. The van der Waals surface area contributed by atoms with E-state index in [1.807, 2.05) is 35.5 Å². The Labute approximate surface area is 231 Å². The molecule has 0 spiro atoms. The van der Waals surface area contributed by atoms with Crippen molar-refractivity contribution in [1.29, 1.82) is 0 Å². The number of thiazole rings is 1. The molecule has 0 radical (unpaired) electrons. The molecule has 2 N–H and O–H groups in total. The maximum absolute atomic E-state index is 13.2. The zero-order chi connectivity index (χ0) is 26.6. The number of halogens is 1. The zero-order valence-electron chi connectivity index (χ0n) is 21.6. The van der Waals surface area contributed by atoms with Gasteiger partial charge in [-0.05, 0) is 47.5 Å². The molecule has 0 unspecified atom stereocenters. The topological polar surface area (TPSA) is 109 Å². The molecule has 1 aromatic heterocycles. The van der Waals surface area contributed by atoms with E-state index in [-0.39, 0.29) is 30.3 Å². The SMILES string of the molecule is C/C(=C\c1csc(/C=C/I)n1)[C@@H]1C[C@@H]2O[C@@H]2CCC[C@H](C)[C@H](O)[C@@H](C)C(=O)C(C)(C)[C@@H](O)CC(=O)O1. The van der Waals surface area contributed by atoms with E-state index in [0.29, 0.717) is 6.42 Å². The molecule has 200 valence electrons. The van der Waals surface area contributed by atoms with Gasteiger partial charge in [0.05, 0.1) is 41.9 Å². The summed E-state index contributed by atoms with van der Waals surface area (Å²) in [7, 11) is 0. The van der Waals surface area contributed by atoms with Crippen molar-refractivity contribution in [2.75, 3.05) is 0 Å². The number of esters is 1. The summed E-state index contributed by atoms with van der Waals surface area (Å²) >= 11 is 3.69. The maximum Gasteiger partial charge on any atom is 0.309 e. The van der Waals surface area contributed by atoms with Crippen molar-refractivity contribution >= 4 is 57.8 Å². The summed E-state index contributed by atoms with van der Waals surface area (Å²) < 4.78 is 13.7. The van der Waals surface area contributed by atoms with E-state index >= 15 is 0 Å². The third-order valence-corrected chi connectivity index (χ3v) is 8.71. The highest BCUT2D eigenvalue weighted by atomic mass is 127. The van der Waals surface area contributed by atoms with Crippen molar-refractivity contribution in [3.8, 4) is 0 Å². The van der Waals surface area contributed by atoms with Crippen molar-refractivity contribution < 1.29 is 29.3 Å². The van der Waals surface area contributed by atoms with E-state index in [0.717, 1.165) is 35.5 Å². The van der Waals surface area contributed by atoms with Crippen molar-refractivity contribution in [1.82, 2.24) is 4.98 Å². The van der Waals surface area contributed by atoms with Gasteiger partial charge in [-0.3, -0.25) is 9.59 Å². The van der Waals surface area contributed by atoms with Crippen LogP contribution in [0.4, 0.5) is 0 Å². The molecule has 0 amide bonds. The van der Waals surface area contributed by atoms with Crippen molar-refractivity contribution in [3.63, 3.8) is 0 Å². The van der Waals surface area contributed by atoms with Gasteiger partial charge in [0, 0.05) is 17.7 Å². The number of hydrogen-bond acceptors (Lipinski definition) is 8. The van der Waals surface area contributed by atoms with Crippen LogP contribution in [0.5, 0.6) is 0 Å². The lowest BCUT2D eigenvalue weighted by Crippen LogP contribution is -2.45. The lowest BCUT2D eigenvalue weighted by atomic mass is 9.73. The number of epoxide rings is 1. The van der Waals surface area contributed by atoms with Crippen LogP contribution < -0.4 is 0 Å². The summed E-state index contributed by atoms with van der Waals surface area (Å²) in [5, 5.41) is 24.5. The second-order valence-corrected chi connectivity index (χ2v) is 12.3. The van der Waals surface area contributed by atoms with Gasteiger partial charge < -0.3 is 19.7 Å². The fourth-order valence-corrected chi connectivity index (χ4v) is 6.08. The van der Waals surface area contributed by atoms with E-state index in [1.54, 1.807) is 20.8 Å². The third-order valence-electron chi connectivity index (χ3n) is 7.52. The molecule has 2 fully saturated rings. The van der Waals surface area contributed by atoms with Crippen LogP contribution in [0.15, 0.2) is 15.0 Å². The number of carbonyl (C=O) groups is 2. The summed E-state index contributed by atoms with van der Waals surface area (Å²) in [5.41, 5.74) is 0.445. The Hall–Kier alpha value is -1.14. The van der Waals surface area contributed by atoms with Crippen molar-refractivity contribution in [2.45, 2.75) is 97.2 Å². The average molecular weight is 632 g/mol. The number of ketones is 1. The number of Topliss-reactive ketones (excluding diaryl/α,β-unsaturated/α-hetero) is 1. The molecule has 7 atom stereocenters. The zero-order valence-corrected chi connectivity index (χ0v) is 24.6. The predicted molar refractivity (Wildman–Crippen MR) is 150 cm³/mol. The standard InChI is InChI=1S/C27H38INO6S/c1-15-7-6-8-19-21(34-19)12-20(16(2)11-18-14-36-23(29-18)9-10-28)35-24(31)13-22(30)27(4,5)26(33)17(3)25(15)32/h9-11,14-15,17,19-22,25,30,32H,6-8,12-13H2,1-5H3/b10-9+,16-11+/t15-,17+,19+,20-,21-,22-,25-/m0/s1. The molecular formula is C27H38INO6S. The first-order chi connectivity index (χ1) is 16.9. The van der Waals surface area contributed by atoms with Gasteiger partial charge in [0.15, 0.2) is 0 Å². The lowest BCUT2D eigenvalue weighted by molar-refractivity contribution is -0.154. The molecule has 3 heterocycles. The number of ether oxygens (including phenoxy) is 2. The second-order valence-electron chi connectivity index (χ2n) is 10.7. The number of hydrogen-bond donors (Lipinski definition) is 2. The Balaban J connectivity index is 1.82. The van der Waals surface area contributed by atoms with E-state index in [2.05, 4.69) is 27.6 Å². The van der Waals surface area contributed by atoms with Crippen LogP contribution in [0.2, 0.25) is 0 Å². The lowest BCUT2D eigenvalue weighted by Gasteiger charge is -2.34. The molecule has 0 bridgehead atoms. The smallest absolute Gasteiger partial charge is 0.309 e. The summed E-state index contributed by atoms with van der Waals surface area (Å²) in [6.45, 7) is 8.81. The fraction of sp³-hybridized carbons (Fsp3) is 0.667. The molecule has 7 nitrogen and oxygen atoms in total. The number of nitrogens with zero attached hydrogens (tertiary/aromatic N) is 1. The molecule has 36 heavy (non-hydrogen) atoms. The van der Waals surface area contributed by atoms with Crippen LogP contribution in [0.25, 0.3) is 12.2 Å². The number of carbonyl (C=O) groups excluding carboxylic acids is 2. The summed E-state index contributed by atoms with van der Waals surface area (Å²) in [6.07, 6.45) is 4.11. The highest BCUT2D eigenvalue weighted by Crippen LogP contribution is 2.36. The van der Waals surface area contributed by atoms with Crippen LogP contribution in [-0.4, -0.2) is 57.5 Å². The number of aliphatic hydroxyl groups excluding tert-OH is 2. The summed E-state index contributed by atoms with van der Waals surface area (Å²) in [5.74, 6) is -1.54. The molecule has 0 aliphatic carbocycles.